The lowest BCUT2D eigenvalue weighted by Crippen LogP contribution is -2.33. The second kappa shape index (κ2) is 6.61. The van der Waals surface area contributed by atoms with E-state index < -0.39 is 14.9 Å². The molecule has 0 aromatic rings. The molecule has 0 saturated heterocycles. The van der Waals surface area contributed by atoms with Crippen molar-refractivity contribution in [3.05, 3.63) is 0 Å². The van der Waals surface area contributed by atoms with E-state index in [-0.39, 0.29) is 0 Å². The fourth-order valence-electron chi connectivity index (χ4n) is 0.866. The lowest BCUT2D eigenvalue weighted by Gasteiger charge is -2.22. The molecule has 0 spiro atoms. The molecule has 0 aliphatic rings. The first-order valence-electron chi connectivity index (χ1n) is 4.24. The minimum Gasteiger partial charge on any atom is -0.304 e. The maximum absolute atomic E-state index is 11.7. The van der Waals surface area contributed by atoms with E-state index in [1.807, 2.05) is 11.8 Å². The van der Waals surface area contributed by atoms with Crippen molar-refractivity contribution in [3.8, 4) is 0 Å². The summed E-state index contributed by atoms with van der Waals surface area (Å²) in [6.45, 7) is 1.71. The van der Waals surface area contributed by atoms with Gasteiger partial charge in [0.05, 0.1) is 8.07 Å². The van der Waals surface area contributed by atoms with Gasteiger partial charge in [-0.15, -0.1) is 0 Å². The summed E-state index contributed by atoms with van der Waals surface area (Å²) in [5, 5.41) is 2.08. The number of hydrogen-bond donors (Lipinski definition) is 0. The molecule has 0 aromatic carbocycles. The van der Waals surface area contributed by atoms with Crippen LogP contribution in [0.2, 0.25) is 13.1 Å². The maximum Gasteiger partial charge on any atom is 0.388 e. The second-order valence-corrected chi connectivity index (χ2v) is 14.9. The van der Waals surface area contributed by atoms with Crippen molar-refractivity contribution in [1.29, 1.82) is 0 Å². The van der Waals surface area contributed by atoms with Crippen LogP contribution in [0.15, 0.2) is 0 Å². The fraction of sp³-hybridized carbons (Fsp3) is 1.00. The maximum atomic E-state index is 11.7. The molecule has 14 heavy (non-hydrogen) atoms. The highest BCUT2D eigenvalue weighted by molar-refractivity contribution is 8.55. The molecule has 7 heteroatoms. The van der Waals surface area contributed by atoms with Gasteiger partial charge in [0.2, 0.25) is 0 Å². The first-order valence-corrected chi connectivity index (χ1v) is 12.2. The van der Waals surface area contributed by atoms with Gasteiger partial charge >= 0.3 is 6.80 Å². The average Bonchev–Trinajstić information content (AvgIpc) is 2.14. The van der Waals surface area contributed by atoms with Gasteiger partial charge in [-0.05, 0) is 23.0 Å². The van der Waals surface area contributed by atoms with Crippen molar-refractivity contribution >= 4 is 38.0 Å². The van der Waals surface area contributed by atoms with Crippen molar-refractivity contribution in [1.82, 2.24) is 0 Å². The van der Waals surface area contributed by atoms with Crippen molar-refractivity contribution in [2.75, 3.05) is 31.2 Å². The van der Waals surface area contributed by atoms with E-state index >= 15 is 0 Å². The van der Waals surface area contributed by atoms with Crippen LogP contribution in [-0.4, -0.2) is 39.3 Å². The Balaban J connectivity index is 4.09. The summed E-state index contributed by atoms with van der Waals surface area (Å²) in [5.74, 6) is 0. The number of rotatable bonds is 7. The smallest absolute Gasteiger partial charge is 0.304 e. The highest BCUT2D eigenvalue weighted by Crippen LogP contribution is 2.59. The van der Waals surface area contributed by atoms with E-state index in [0.29, 0.717) is 0 Å². The first-order chi connectivity index (χ1) is 6.39. The van der Waals surface area contributed by atoms with Gasteiger partial charge in [-0.1, -0.05) is 13.1 Å². The molecule has 0 rings (SSSR count). The molecule has 0 aliphatic carbocycles. The zero-order valence-electron chi connectivity index (χ0n) is 9.40. The molecule has 0 heterocycles. The van der Waals surface area contributed by atoms with Crippen LogP contribution in [0.1, 0.15) is 0 Å². The zero-order chi connectivity index (χ0) is 11.2. The van der Waals surface area contributed by atoms with E-state index in [2.05, 4.69) is 19.3 Å². The van der Waals surface area contributed by atoms with E-state index in [1.54, 1.807) is 0 Å². The third-order valence-corrected chi connectivity index (χ3v) is 13.7. The number of thioether (sulfide) groups is 1. The summed E-state index contributed by atoms with van der Waals surface area (Å²) in [7, 11) is 1.61. The average molecular weight is 274 g/mol. The minimum absolute atomic E-state index is 0.910. The molecule has 0 atom stereocenters. The Morgan fingerprint density at radius 2 is 1.71 bits per heavy atom. The topological polar surface area (TPSA) is 35.5 Å². The van der Waals surface area contributed by atoms with Gasteiger partial charge in [-0.25, -0.2) is 4.57 Å². The van der Waals surface area contributed by atoms with Crippen LogP contribution in [0.25, 0.3) is 0 Å². The van der Waals surface area contributed by atoms with E-state index in [0.717, 1.165) is 5.38 Å². The normalized spacial score (nSPS) is 13.2. The van der Waals surface area contributed by atoms with Gasteiger partial charge in [0, 0.05) is 19.6 Å². The molecular weight excluding hydrogens is 255 g/mol. The van der Waals surface area contributed by atoms with Crippen LogP contribution in [0.4, 0.5) is 0 Å². The second-order valence-electron chi connectivity index (χ2n) is 3.68. The van der Waals surface area contributed by atoms with Gasteiger partial charge in [-0.2, -0.15) is 11.8 Å². The van der Waals surface area contributed by atoms with Crippen LogP contribution < -0.4 is 0 Å². The zero-order valence-corrected chi connectivity index (χ0v) is 12.9. The van der Waals surface area contributed by atoms with Gasteiger partial charge in [-0.3, -0.25) is 0 Å². The summed E-state index contributed by atoms with van der Waals surface area (Å²) < 4.78 is 21.5. The SMILES string of the molecule is COP(=O)(OC)SC[Si](C)(C)CSC. The van der Waals surface area contributed by atoms with E-state index in [9.17, 15) is 4.57 Å². The summed E-state index contributed by atoms with van der Waals surface area (Å²) in [5.41, 5.74) is 0. The van der Waals surface area contributed by atoms with Crippen LogP contribution in [0.5, 0.6) is 0 Å². The Hall–Kier alpha value is 1.07. The van der Waals surface area contributed by atoms with Crippen molar-refractivity contribution in [2.45, 2.75) is 13.1 Å². The lowest BCUT2D eigenvalue weighted by atomic mass is 11.7. The van der Waals surface area contributed by atoms with Crippen molar-refractivity contribution in [2.24, 2.45) is 0 Å². The van der Waals surface area contributed by atoms with Crippen molar-refractivity contribution < 1.29 is 13.6 Å². The molecule has 0 bridgehead atoms. The third kappa shape index (κ3) is 5.83. The van der Waals surface area contributed by atoms with Gasteiger partial charge < -0.3 is 9.05 Å². The fourth-order valence-corrected chi connectivity index (χ4v) is 12.7. The lowest BCUT2D eigenvalue weighted by molar-refractivity contribution is 0.295. The van der Waals surface area contributed by atoms with Crippen LogP contribution >= 0.6 is 29.9 Å². The minimum atomic E-state index is -2.86. The predicted octanol–water partition coefficient (Wildman–Crippen LogP) is 3.27. The Bertz CT molecular complexity index is 205. The van der Waals surface area contributed by atoms with Gasteiger partial charge in [0.1, 0.15) is 0 Å². The van der Waals surface area contributed by atoms with E-state index in [4.69, 9.17) is 9.05 Å². The molecule has 0 radical (unpaired) electrons. The third-order valence-electron chi connectivity index (χ3n) is 1.60. The Labute approximate surface area is 96.0 Å². The number of hydrogen-bond acceptors (Lipinski definition) is 5. The van der Waals surface area contributed by atoms with Gasteiger partial charge in [0.25, 0.3) is 0 Å². The largest absolute Gasteiger partial charge is 0.388 e. The Morgan fingerprint density at radius 3 is 2.07 bits per heavy atom. The van der Waals surface area contributed by atoms with Crippen LogP contribution in [0, 0.1) is 0 Å². The summed E-state index contributed by atoms with van der Waals surface area (Å²) in [6.07, 6.45) is 2.10. The molecule has 86 valence electrons. The van der Waals surface area contributed by atoms with Gasteiger partial charge in [0.15, 0.2) is 0 Å². The molecule has 0 amide bonds. The summed E-state index contributed by atoms with van der Waals surface area (Å²) >= 11 is 3.18. The molecule has 0 fully saturated rings. The van der Waals surface area contributed by atoms with Crippen LogP contribution in [-0.2, 0) is 13.6 Å². The monoisotopic (exact) mass is 274 g/mol. The quantitative estimate of drug-likeness (QED) is 0.526. The highest BCUT2D eigenvalue weighted by Gasteiger charge is 2.28. The summed E-state index contributed by atoms with van der Waals surface area (Å²) in [6, 6.07) is 0. The Morgan fingerprint density at radius 1 is 1.21 bits per heavy atom. The predicted molar refractivity (Wildman–Crippen MR) is 69.9 cm³/mol. The standard InChI is InChI=1S/C7H19O3PS2Si/c1-9-11(8,10-2)13-7-14(4,5)6-12-3/h6-7H2,1-5H3. The molecule has 0 unspecified atom stereocenters. The highest BCUT2D eigenvalue weighted by atomic mass is 32.7. The van der Waals surface area contributed by atoms with E-state index in [1.165, 1.54) is 31.0 Å². The molecule has 0 N–H and O–H groups in total. The molecule has 0 aromatic heterocycles. The first kappa shape index (κ1) is 15.1. The van der Waals surface area contributed by atoms with Crippen LogP contribution in [0.3, 0.4) is 0 Å². The summed E-state index contributed by atoms with van der Waals surface area (Å²) in [4.78, 5) is 0. The molecule has 3 nitrogen and oxygen atoms in total. The Kier molecular flexibility index (Phi) is 7.11. The molecular formula is C7H19O3PS2Si. The molecule has 0 saturated carbocycles. The molecule has 0 aliphatic heterocycles. The van der Waals surface area contributed by atoms with Crippen molar-refractivity contribution in [3.63, 3.8) is 0 Å².